The highest BCUT2D eigenvalue weighted by Crippen LogP contribution is 2.34. The summed E-state index contributed by atoms with van der Waals surface area (Å²) in [6, 6.07) is 1.04. The molecule has 0 saturated heterocycles. The van der Waals surface area contributed by atoms with E-state index in [0.29, 0.717) is 10.0 Å². The Hall–Kier alpha value is -1.29. The Morgan fingerprint density at radius 2 is 2.05 bits per heavy atom. The largest absolute Gasteiger partial charge is 0.534 e. The molecule has 2 rings (SSSR count). The van der Waals surface area contributed by atoms with Crippen LogP contribution in [-0.4, -0.2) is 23.5 Å². The van der Waals surface area contributed by atoms with Crippen molar-refractivity contribution in [3.05, 3.63) is 28.5 Å². The molecule has 0 aliphatic heterocycles. The molecular weight excluding hydrogens is 353 g/mol. The maximum atomic E-state index is 12.3. The van der Waals surface area contributed by atoms with Crippen molar-refractivity contribution in [2.24, 2.45) is 0 Å². The molecule has 0 aliphatic rings. The van der Waals surface area contributed by atoms with E-state index in [1.165, 1.54) is 10.7 Å². The van der Waals surface area contributed by atoms with Crippen LogP contribution in [0.15, 0.2) is 22.9 Å². The van der Waals surface area contributed by atoms with Gasteiger partial charge in [-0.1, -0.05) is 0 Å². The fourth-order valence-electron chi connectivity index (χ4n) is 1.39. The van der Waals surface area contributed by atoms with Crippen molar-refractivity contribution in [1.29, 1.82) is 0 Å². The molecule has 0 atom stereocenters. The molecule has 5 nitrogen and oxygen atoms in total. The van der Waals surface area contributed by atoms with Crippen LogP contribution in [0.2, 0.25) is 0 Å². The molecule has 0 bridgehead atoms. The minimum Gasteiger partial charge on any atom is -0.374 e. The van der Waals surface area contributed by atoms with Gasteiger partial charge in [-0.25, -0.2) is 4.52 Å². The number of fused-ring (bicyclic) bond motifs is 1. The molecule has 0 aromatic carbocycles. The SMILES string of the molecule is Cc1cn2nccc(OS(=O)(=O)C(F)(F)F)c2c1Br. The molecule has 2 aromatic heterocycles. The Morgan fingerprint density at radius 3 is 2.63 bits per heavy atom. The van der Waals surface area contributed by atoms with Crippen LogP contribution in [-0.2, 0) is 10.1 Å². The fourth-order valence-corrected chi connectivity index (χ4v) is 2.33. The van der Waals surface area contributed by atoms with Gasteiger partial charge in [0, 0.05) is 12.3 Å². The van der Waals surface area contributed by atoms with Gasteiger partial charge in [0.15, 0.2) is 5.75 Å². The van der Waals surface area contributed by atoms with Crippen LogP contribution < -0.4 is 4.18 Å². The average molecular weight is 359 g/mol. The molecule has 0 spiro atoms. The van der Waals surface area contributed by atoms with E-state index in [1.54, 1.807) is 6.92 Å². The summed E-state index contributed by atoms with van der Waals surface area (Å²) in [6.45, 7) is 1.68. The Morgan fingerprint density at radius 1 is 1.42 bits per heavy atom. The van der Waals surface area contributed by atoms with Crippen LogP contribution >= 0.6 is 15.9 Å². The van der Waals surface area contributed by atoms with Crippen molar-refractivity contribution in [1.82, 2.24) is 9.61 Å². The predicted octanol–water partition coefficient (Wildman–Crippen LogP) is 2.63. The van der Waals surface area contributed by atoms with E-state index < -0.39 is 21.4 Å². The highest BCUT2D eigenvalue weighted by molar-refractivity contribution is 9.10. The summed E-state index contributed by atoms with van der Waals surface area (Å²) >= 11 is 3.14. The molecule has 19 heavy (non-hydrogen) atoms. The molecule has 0 unspecified atom stereocenters. The zero-order chi connectivity index (χ0) is 14.4. The summed E-state index contributed by atoms with van der Waals surface area (Å²) in [5.41, 5.74) is -4.71. The number of nitrogens with zero attached hydrogens (tertiary/aromatic N) is 2. The summed E-state index contributed by atoms with van der Waals surface area (Å²) in [5.74, 6) is -0.452. The molecular formula is C9H6BrF3N2O3S. The molecule has 10 heteroatoms. The first-order valence-electron chi connectivity index (χ1n) is 4.76. The molecule has 0 amide bonds. The quantitative estimate of drug-likeness (QED) is 0.611. The normalized spacial score (nSPS) is 12.9. The van der Waals surface area contributed by atoms with E-state index in [-0.39, 0.29) is 5.52 Å². The van der Waals surface area contributed by atoms with E-state index in [9.17, 15) is 21.6 Å². The van der Waals surface area contributed by atoms with Gasteiger partial charge >= 0.3 is 15.6 Å². The monoisotopic (exact) mass is 358 g/mol. The van der Waals surface area contributed by atoms with Gasteiger partial charge in [-0.2, -0.15) is 26.7 Å². The van der Waals surface area contributed by atoms with Gasteiger partial charge < -0.3 is 4.18 Å². The van der Waals surface area contributed by atoms with Gasteiger partial charge in [-0.15, -0.1) is 0 Å². The summed E-state index contributed by atoms with van der Waals surface area (Å²) in [7, 11) is -5.71. The van der Waals surface area contributed by atoms with E-state index >= 15 is 0 Å². The minimum absolute atomic E-state index is 0.104. The lowest BCUT2D eigenvalue weighted by molar-refractivity contribution is -0.0499. The Labute approximate surface area is 114 Å². The smallest absolute Gasteiger partial charge is 0.374 e. The van der Waals surface area contributed by atoms with Crippen molar-refractivity contribution < 1.29 is 25.8 Å². The molecule has 0 fully saturated rings. The second kappa shape index (κ2) is 4.37. The molecule has 2 heterocycles. The van der Waals surface area contributed by atoms with Gasteiger partial charge in [0.2, 0.25) is 0 Å². The maximum absolute atomic E-state index is 12.3. The average Bonchev–Trinajstić information content (AvgIpc) is 2.54. The number of hydrogen-bond donors (Lipinski definition) is 0. The Bertz CT molecular complexity index is 739. The van der Waals surface area contributed by atoms with Gasteiger partial charge in [0.25, 0.3) is 0 Å². The van der Waals surface area contributed by atoms with Gasteiger partial charge in [-0.3, -0.25) is 0 Å². The summed E-state index contributed by atoms with van der Waals surface area (Å²) in [6.07, 6.45) is 2.66. The van der Waals surface area contributed by atoms with Crippen LogP contribution in [0.5, 0.6) is 5.75 Å². The molecule has 0 radical (unpaired) electrons. The van der Waals surface area contributed by atoms with Crippen molar-refractivity contribution >= 4 is 31.6 Å². The van der Waals surface area contributed by atoms with E-state index in [0.717, 1.165) is 12.3 Å². The first-order valence-corrected chi connectivity index (χ1v) is 6.97. The van der Waals surface area contributed by atoms with Crippen LogP contribution in [0.4, 0.5) is 13.2 Å². The third kappa shape index (κ3) is 2.41. The lowest BCUT2D eigenvalue weighted by atomic mass is 10.3. The van der Waals surface area contributed by atoms with Crippen LogP contribution in [0, 0.1) is 6.92 Å². The van der Waals surface area contributed by atoms with Crippen molar-refractivity contribution in [2.75, 3.05) is 0 Å². The van der Waals surface area contributed by atoms with E-state index in [4.69, 9.17) is 0 Å². The minimum atomic E-state index is -5.71. The second-order valence-electron chi connectivity index (χ2n) is 3.60. The summed E-state index contributed by atoms with van der Waals surface area (Å²) in [5, 5.41) is 3.85. The standard InChI is InChI=1S/C9H6BrF3N2O3S/c1-5-4-15-8(7(5)10)6(2-3-14-15)18-19(16,17)9(11,12)13/h2-4H,1H3. The lowest BCUT2D eigenvalue weighted by Gasteiger charge is -2.10. The highest BCUT2D eigenvalue weighted by atomic mass is 79.9. The molecule has 104 valence electrons. The summed E-state index contributed by atoms with van der Waals surface area (Å²) < 4.78 is 64.6. The number of hydrogen-bond acceptors (Lipinski definition) is 4. The topological polar surface area (TPSA) is 60.7 Å². The zero-order valence-electron chi connectivity index (χ0n) is 9.27. The van der Waals surface area contributed by atoms with E-state index in [2.05, 4.69) is 25.2 Å². The first kappa shape index (κ1) is 14.1. The van der Waals surface area contributed by atoms with Crippen LogP contribution in [0.3, 0.4) is 0 Å². The van der Waals surface area contributed by atoms with Crippen molar-refractivity contribution in [2.45, 2.75) is 12.4 Å². The lowest BCUT2D eigenvalue weighted by Crippen LogP contribution is -2.28. The molecule has 2 aromatic rings. The van der Waals surface area contributed by atoms with Crippen molar-refractivity contribution in [3.8, 4) is 5.75 Å². The zero-order valence-corrected chi connectivity index (χ0v) is 11.7. The Balaban J connectivity index is 2.59. The molecule has 0 saturated carbocycles. The van der Waals surface area contributed by atoms with E-state index in [1.807, 2.05) is 0 Å². The number of aryl methyl sites for hydroxylation is 1. The summed E-state index contributed by atoms with van der Waals surface area (Å²) in [4.78, 5) is 0. The van der Waals surface area contributed by atoms with Crippen LogP contribution in [0.25, 0.3) is 5.52 Å². The third-order valence-corrected chi connectivity index (χ3v) is 4.20. The van der Waals surface area contributed by atoms with Crippen LogP contribution in [0.1, 0.15) is 5.56 Å². The highest BCUT2D eigenvalue weighted by Gasteiger charge is 2.48. The molecule has 0 N–H and O–H groups in total. The predicted molar refractivity (Wildman–Crippen MR) is 63.2 cm³/mol. The third-order valence-electron chi connectivity index (χ3n) is 2.23. The first-order chi connectivity index (χ1) is 8.63. The second-order valence-corrected chi connectivity index (χ2v) is 5.93. The number of halogens is 4. The Kier molecular flexibility index (Phi) is 3.25. The molecule has 0 aliphatic carbocycles. The van der Waals surface area contributed by atoms with Gasteiger partial charge in [0.05, 0.1) is 10.7 Å². The van der Waals surface area contributed by atoms with Gasteiger partial charge in [-0.05, 0) is 28.4 Å². The van der Waals surface area contributed by atoms with Crippen molar-refractivity contribution in [3.63, 3.8) is 0 Å². The number of alkyl halides is 3. The fraction of sp³-hybridized carbons (Fsp3) is 0.222. The maximum Gasteiger partial charge on any atom is 0.534 e. The number of aromatic nitrogens is 2. The van der Waals surface area contributed by atoms with Gasteiger partial charge in [0.1, 0.15) is 5.52 Å². The number of rotatable bonds is 2.